The van der Waals surface area contributed by atoms with Crippen LogP contribution in [0.3, 0.4) is 0 Å². The van der Waals surface area contributed by atoms with Gasteiger partial charge in [-0.15, -0.1) is 0 Å². The van der Waals surface area contributed by atoms with Gasteiger partial charge >= 0.3 is 14.1 Å². The summed E-state index contributed by atoms with van der Waals surface area (Å²) in [5, 5.41) is 21.3. The number of likely N-dealkylation sites (tertiary alicyclic amines) is 1. The molecule has 0 unspecified atom stereocenters. The van der Waals surface area contributed by atoms with E-state index in [2.05, 4.69) is 22.0 Å². The fourth-order valence-electron chi connectivity index (χ4n) is 3.78. The van der Waals surface area contributed by atoms with Crippen LogP contribution in [-0.4, -0.2) is 103 Å². The summed E-state index contributed by atoms with van der Waals surface area (Å²) in [6, 6.07) is 0.731. The number of piperidine rings is 2. The molecule has 173 valence electrons. The summed E-state index contributed by atoms with van der Waals surface area (Å²) < 4.78 is 0. The maximum atomic E-state index is 10.3. The van der Waals surface area contributed by atoms with E-state index >= 15 is 0 Å². The standard InChI is InChI=1S/C9H19BN2O.C5H11N.C4H8BNO2.C2H5.V/c1-10(13)12-7-9(8-12)11-5-3-2-4-6-11;1-2-4-6-5-3-1;1-5(8)6-2-4(7)3-6;1-2;/h9,13H,2-8H2,1H3;6H,1-5H2;8H,2-3H2,1H3;1H2,2H3;/q;;;-1;. The van der Waals surface area contributed by atoms with Gasteiger partial charge in [-0.25, -0.2) is 0 Å². The van der Waals surface area contributed by atoms with Gasteiger partial charge in [-0.1, -0.05) is 12.8 Å². The van der Waals surface area contributed by atoms with Crippen LogP contribution in [0.2, 0.25) is 13.6 Å². The van der Waals surface area contributed by atoms with Gasteiger partial charge < -0.3 is 31.9 Å². The van der Waals surface area contributed by atoms with Crippen LogP contribution in [-0.2, 0) is 23.4 Å². The SMILES string of the molecule is C1CCNCC1.CB(O)N1CC(=O)C1.CB(O)N1CC(N2CCCCC2)C1.[CH2-]C.[V]. The van der Waals surface area contributed by atoms with Gasteiger partial charge in [-0.2, -0.15) is 6.92 Å². The molecule has 0 amide bonds. The summed E-state index contributed by atoms with van der Waals surface area (Å²) in [6.45, 7) is 16.6. The van der Waals surface area contributed by atoms with Crippen molar-refractivity contribution < 1.29 is 33.4 Å². The topological polar surface area (TPSA) is 79.3 Å². The van der Waals surface area contributed by atoms with E-state index in [4.69, 9.17) is 5.02 Å². The molecule has 0 bridgehead atoms. The molecule has 0 spiro atoms. The number of Topliss-reactive ketones (excluding diaryl/α,β-unsaturated/α-hetero) is 1. The van der Waals surface area contributed by atoms with Crippen LogP contribution in [0.4, 0.5) is 0 Å². The second-order valence-corrected chi connectivity index (χ2v) is 8.22. The second-order valence-electron chi connectivity index (χ2n) is 8.22. The maximum Gasteiger partial charge on any atom is 0.377 e. The normalized spacial score (nSPS) is 22.3. The third-order valence-corrected chi connectivity index (χ3v) is 5.82. The quantitative estimate of drug-likeness (QED) is 0.426. The zero-order chi connectivity index (χ0) is 21.6. The van der Waals surface area contributed by atoms with Crippen molar-refractivity contribution in [3.63, 3.8) is 0 Å². The van der Waals surface area contributed by atoms with Gasteiger partial charge in [0.25, 0.3) is 0 Å². The molecule has 10 heteroatoms. The van der Waals surface area contributed by atoms with E-state index in [1.54, 1.807) is 18.6 Å². The van der Waals surface area contributed by atoms with Crippen molar-refractivity contribution in [2.75, 3.05) is 52.4 Å². The Labute approximate surface area is 197 Å². The van der Waals surface area contributed by atoms with E-state index in [-0.39, 0.29) is 31.4 Å². The van der Waals surface area contributed by atoms with Crippen molar-refractivity contribution in [2.45, 2.75) is 65.1 Å². The Kier molecular flexibility index (Phi) is 17.8. The molecule has 0 aromatic carbocycles. The summed E-state index contributed by atoms with van der Waals surface area (Å²) in [6.07, 6.45) is 8.35. The van der Waals surface area contributed by atoms with E-state index in [0.717, 1.165) is 19.1 Å². The summed E-state index contributed by atoms with van der Waals surface area (Å²) in [4.78, 5) is 16.7. The van der Waals surface area contributed by atoms with Gasteiger partial charge in [-0.05, 0) is 65.5 Å². The van der Waals surface area contributed by atoms with Crippen LogP contribution in [0.15, 0.2) is 0 Å². The van der Waals surface area contributed by atoms with Crippen LogP contribution < -0.4 is 5.32 Å². The summed E-state index contributed by atoms with van der Waals surface area (Å²) in [5.41, 5.74) is 0. The molecule has 4 fully saturated rings. The molecular formula is C20H43B2N4O3V-. The van der Waals surface area contributed by atoms with Crippen LogP contribution in [0, 0.1) is 6.92 Å². The van der Waals surface area contributed by atoms with Gasteiger partial charge in [0.15, 0.2) is 5.78 Å². The number of nitrogens with one attached hydrogen (secondary N) is 1. The predicted molar refractivity (Wildman–Crippen MR) is 123 cm³/mol. The maximum absolute atomic E-state index is 10.3. The molecule has 3 N–H and O–H groups in total. The Morgan fingerprint density at radius 1 is 0.867 bits per heavy atom. The van der Waals surface area contributed by atoms with E-state index in [1.807, 2.05) is 6.82 Å². The minimum atomic E-state index is -0.451. The Bertz CT molecular complexity index is 415. The van der Waals surface area contributed by atoms with Crippen molar-refractivity contribution in [1.82, 2.24) is 19.8 Å². The Balaban J connectivity index is 0.000000427. The average Bonchev–Trinajstić information content (AvgIpc) is 2.69. The molecule has 30 heavy (non-hydrogen) atoms. The number of carbonyl (C=O) groups is 1. The van der Waals surface area contributed by atoms with Gasteiger partial charge in [-0.3, -0.25) is 9.69 Å². The molecule has 4 saturated heterocycles. The van der Waals surface area contributed by atoms with E-state index in [9.17, 15) is 9.82 Å². The summed E-state index contributed by atoms with van der Waals surface area (Å²) in [7, 11) is -0.700. The van der Waals surface area contributed by atoms with Crippen molar-refractivity contribution in [3.8, 4) is 0 Å². The van der Waals surface area contributed by atoms with Crippen molar-refractivity contribution >= 4 is 19.9 Å². The van der Waals surface area contributed by atoms with E-state index < -0.39 is 7.05 Å². The first-order chi connectivity index (χ1) is 14.0. The van der Waals surface area contributed by atoms with Crippen LogP contribution >= 0.6 is 0 Å². The largest absolute Gasteiger partial charge is 0.437 e. The molecule has 0 aromatic rings. The first-order valence-electron chi connectivity index (χ1n) is 11.5. The zero-order valence-electron chi connectivity index (χ0n) is 19.4. The number of ketones is 1. The smallest absolute Gasteiger partial charge is 0.377 e. The molecule has 0 aliphatic carbocycles. The average molecular weight is 460 g/mol. The fourth-order valence-corrected chi connectivity index (χ4v) is 3.78. The number of rotatable bonds is 3. The first kappa shape index (κ1) is 30.1. The van der Waals surface area contributed by atoms with Gasteiger partial charge in [0.05, 0.1) is 13.1 Å². The number of nitrogens with zero attached hydrogens (tertiary/aromatic N) is 3. The van der Waals surface area contributed by atoms with Crippen molar-refractivity contribution in [1.29, 1.82) is 0 Å². The Hall–Kier alpha value is 0.144. The molecule has 0 atom stereocenters. The second kappa shape index (κ2) is 17.7. The van der Waals surface area contributed by atoms with Crippen molar-refractivity contribution in [3.05, 3.63) is 6.92 Å². The minimum Gasteiger partial charge on any atom is -0.437 e. The number of carbonyl (C=O) groups excluding carboxylic acids is 1. The van der Waals surface area contributed by atoms with E-state index in [1.165, 1.54) is 64.7 Å². The van der Waals surface area contributed by atoms with Gasteiger partial charge in [0.2, 0.25) is 0 Å². The van der Waals surface area contributed by atoms with Crippen LogP contribution in [0.1, 0.15) is 45.4 Å². The molecule has 4 rings (SSSR count). The van der Waals surface area contributed by atoms with Crippen molar-refractivity contribution in [2.24, 2.45) is 0 Å². The molecule has 4 aliphatic heterocycles. The van der Waals surface area contributed by atoms with Gasteiger partial charge in [0.1, 0.15) is 0 Å². The molecule has 0 aromatic heterocycles. The number of hydrogen-bond donors (Lipinski definition) is 3. The third-order valence-electron chi connectivity index (χ3n) is 5.82. The van der Waals surface area contributed by atoms with Gasteiger partial charge in [0, 0.05) is 37.7 Å². The van der Waals surface area contributed by atoms with Crippen LogP contribution in [0.25, 0.3) is 0 Å². The molecule has 1 radical (unpaired) electrons. The van der Waals surface area contributed by atoms with E-state index in [0.29, 0.717) is 13.1 Å². The summed E-state index contributed by atoms with van der Waals surface area (Å²) >= 11 is 0. The predicted octanol–water partition coefficient (Wildman–Crippen LogP) is 0.846. The molecule has 7 nitrogen and oxygen atoms in total. The monoisotopic (exact) mass is 460 g/mol. The molecular weight excluding hydrogens is 417 g/mol. The minimum absolute atomic E-state index is 0. The summed E-state index contributed by atoms with van der Waals surface area (Å²) in [5.74, 6) is 0.214. The molecule has 4 aliphatic rings. The molecule has 0 saturated carbocycles. The first-order valence-corrected chi connectivity index (χ1v) is 11.5. The fraction of sp³-hybridized carbons (Fsp3) is 0.900. The number of hydrogen-bond acceptors (Lipinski definition) is 7. The Morgan fingerprint density at radius 3 is 1.63 bits per heavy atom. The van der Waals surface area contributed by atoms with Crippen LogP contribution in [0.5, 0.6) is 0 Å². The zero-order valence-corrected chi connectivity index (χ0v) is 20.8. The Morgan fingerprint density at radius 2 is 1.33 bits per heavy atom. The third kappa shape index (κ3) is 11.7. The molecule has 4 heterocycles.